The van der Waals surface area contributed by atoms with Crippen LogP contribution < -0.4 is 46.8 Å². The fraction of sp³-hybridized carbons (Fsp3) is 0.536. The van der Waals surface area contributed by atoms with E-state index in [0.29, 0.717) is 69.3 Å². The Balaban J connectivity index is 0.998. The number of aldehydes is 1. The number of rotatable bonds is 31. The van der Waals surface area contributed by atoms with Crippen LogP contribution in [0.5, 0.6) is 5.75 Å². The van der Waals surface area contributed by atoms with Gasteiger partial charge in [-0.1, -0.05) is 19.9 Å². The number of pyridine rings is 1. The highest BCUT2D eigenvalue weighted by molar-refractivity contribution is 7.89. The third kappa shape index (κ3) is 21.9. The topological polar surface area (TPSA) is 368 Å². The van der Waals surface area contributed by atoms with Crippen LogP contribution in [-0.4, -0.2) is 224 Å². The number of sulfonamides is 1. The van der Waals surface area contributed by atoms with E-state index in [1.165, 1.54) is 32.2 Å². The fourth-order valence-electron chi connectivity index (χ4n) is 9.50. The molecule has 0 radical (unpaired) electrons. The number of aromatic nitrogens is 3. The lowest BCUT2D eigenvalue weighted by Gasteiger charge is -2.32. The lowest BCUT2D eigenvalue weighted by molar-refractivity contribution is -0.139. The largest absolute Gasteiger partial charge is 0.494 e. The summed E-state index contributed by atoms with van der Waals surface area (Å²) >= 11 is 0. The zero-order chi connectivity index (χ0) is 62.2. The van der Waals surface area contributed by atoms with Crippen molar-refractivity contribution in [2.45, 2.75) is 89.4 Å². The number of hydrogen-bond acceptors (Lipinski definition) is 18. The zero-order valence-electron chi connectivity index (χ0n) is 49.2. The molecule has 4 aromatic rings. The van der Waals surface area contributed by atoms with Crippen molar-refractivity contribution in [2.75, 3.05) is 111 Å². The van der Waals surface area contributed by atoms with Gasteiger partial charge in [0.05, 0.1) is 36.2 Å². The minimum absolute atomic E-state index is 0.00800. The number of benzene rings is 2. The number of fused-ring (bicyclic) bond motifs is 1. The third-order valence-corrected chi connectivity index (χ3v) is 16.0. The second kappa shape index (κ2) is 33.6. The number of carbonyl (C=O) groups excluding carboxylic acids is 6. The van der Waals surface area contributed by atoms with E-state index in [2.05, 4.69) is 63.3 Å². The van der Waals surface area contributed by atoms with E-state index in [0.717, 1.165) is 25.2 Å². The molecule has 1 saturated heterocycles. The zero-order valence-corrected chi connectivity index (χ0v) is 50.0. The Hall–Kier alpha value is -7.83. The van der Waals surface area contributed by atoms with E-state index in [-0.39, 0.29) is 97.8 Å². The summed E-state index contributed by atoms with van der Waals surface area (Å²) in [6.45, 7) is 12.4. The highest BCUT2D eigenvalue weighted by atomic mass is 32.2. The first-order chi connectivity index (χ1) is 40.5. The molecule has 1 aliphatic heterocycles. The van der Waals surface area contributed by atoms with Crippen LogP contribution >= 0.6 is 0 Å². The first-order valence-corrected chi connectivity index (χ1v) is 29.8. The SMILES string of the molecule is CCC(NC(=O)CC[C@@H](C=O)NC(=O)CN1CCN(CC)CCN(C)CCN(CC(=O)O)CC1)C(=O)NCCNC(=O)CCCOc1cc(C)c(S(=O)(=O)NC(CNC(=O)c2cn(C)c3cc(CNc4ncc[nH]4)ccc3c2=O)C(=O)O)c(C)c1. The number of nitrogens with one attached hydrogen (secondary N) is 8. The number of ether oxygens (including phenoxy) is 1. The van der Waals surface area contributed by atoms with Gasteiger partial charge in [-0.3, -0.25) is 48.2 Å². The molecule has 3 heterocycles. The Kier molecular flexibility index (Phi) is 26.9. The highest BCUT2D eigenvalue weighted by Gasteiger charge is 2.30. The number of aliphatic carboxylic acids is 2. The minimum atomic E-state index is -4.50. The Morgan fingerprint density at radius 2 is 1.46 bits per heavy atom. The van der Waals surface area contributed by atoms with Crippen molar-refractivity contribution in [1.82, 2.24) is 65.4 Å². The van der Waals surface area contributed by atoms with Gasteiger partial charge in [0.25, 0.3) is 5.91 Å². The van der Waals surface area contributed by atoms with Gasteiger partial charge in [-0.05, 0) is 87.7 Å². The summed E-state index contributed by atoms with van der Waals surface area (Å²) < 4.78 is 36.9. The second-order valence-corrected chi connectivity index (χ2v) is 22.5. The normalized spacial score (nSPS) is 15.3. The van der Waals surface area contributed by atoms with Gasteiger partial charge in [0.2, 0.25) is 39.1 Å². The molecule has 466 valence electrons. The van der Waals surface area contributed by atoms with Gasteiger partial charge in [-0.15, -0.1) is 0 Å². The van der Waals surface area contributed by atoms with Gasteiger partial charge in [0.15, 0.2) is 5.95 Å². The quantitative estimate of drug-likeness (QED) is 0.0221. The van der Waals surface area contributed by atoms with E-state index < -0.39 is 75.7 Å². The van der Waals surface area contributed by atoms with E-state index in [9.17, 15) is 61.8 Å². The molecular formula is C56H82N14O14S. The molecule has 5 rings (SSSR count). The van der Waals surface area contributed by atoms with Gasteiger partial charge in [-0.2, -0.15) is 4.72 Å². The van der Waals surface area contributed by atoms with Crippen molar-refractivity contribution < 1.29 is 61.7 Å². The summed E-state index contributed by atoms with van der Waals surface area (Å²) in [5.74, 6) is -4.28. The predicted octanol–water partition coefficient (Wildman–Crippen LogP) is -0.642. The van der Waals surface area contributed by atoms with Crippen molar-refractivity contribution in [1.29, 1.82) is 0 Å². The molecule has 10 N–H and O–H groups in total. The number of carbonyl (C=O) groups is 8. The fourth-order valence-corrected chi connectivity index (χ4v) is 11.1. The molecular weight excluding hydrogens is 1120 g/mol. The Bertz CT molecular complexity index is 3100. The summed E-state index contributed by atoms with van der Waals surface area (Å²) in [6.07, 6.45) is 5.56. The van der Waals surface area contributed by atoms with Crippen molar-refractivity contribution in [3.8, 4) is 5.75 Å². The van der Waals surface area contributed by atoms with Crippen LogP contribution in [0.15, 0.2) is 58.6 Å². The van der Waals surface area contributed by atoms with Gasteiger partial charge in [0, 0.05) is 122 Å². The first-order valence-electron chi connectivity index (χ1n) is 28.3. The van der Waals surface area contributed by atoms with Crippen molar-refractivity contribution >= 4 is 74.6 Å². The lowest BCUT2D eigenvalue weighted by atomic mass is 10.1. The molecule has 2 aromatic heterocycles. The van der Waals surface area contributed by atoms with Gasteiger partial charge in [-0.25, -0.2) is 13.4 Å². The minimum Gasteiger partial charge on any atom is -0.494 e. The average molecular weight is 1210 g/mol. The molecule has 1 aliphatic rings. The number of amides is 5. The first kappa shape index (κ1) is 68.0. The van der Waals surface area contributed by atoms with Crippen LogP contribution in [0.2, 0.25) is 0 Å². The molecule has 2 unspecified atom stereocenters. The third-order valence-electron chi connectivity index (χ3n) is 14.3. The van der Waals surface area contributed by atoms with E-state index in [4.69, 9.17) is 4.74 Å². The number of H-pyrrole nitrogens is 1. The van der Waals surface area contributed by atoms with Crippen LogP contribution in [0.25, 0.3) is 10.9 Å². The standard InChI is InChI=1S/C56H82N14O14S/c1-7-44(64-48(73)14-12-40(36-71)63-49(74)34-69-24-23-68(8-2)21-19-66(5)20-22-70(26-25-69)35-50(75)76)54(79)58-16-15-57-47(72)10-9-27-84-41-28-37(3)52(38(4)29-41)85(82,83)65-45(55(80)81)32-61-53(78)43-33-67(6)46-30-39(11-13-42(46)51(43)77)31-62-56-59-17-18-60-56/h11,13,17-18,28-30,33,36,40,44-45,65H,7-10,12,14-16,19-27,31-32,34-35H2,1-6H3,(H,57,72)(H,58,79)(H,61,78)(H,63,74)(H,64,73)(H,75,76)(H,80,81)(H2,59,60,62)/t40-,44?,45?/m0/s1. The summed E-state index contributed by atoms with van der Waals surface area (Å²) in [5, 5.41) is 35.9. The Labute approximate surface area is 494 Å². The van der Waals surface area contributed by atoms with Gasteiger partial charge >= 0.3 is 11.9 Å². The second-order valence-electron chi connectivity index (χ2n) is 20.9. The molecule has 0 aliphatic carbocycles. The van der Waals surface area contributed by atoms with Crippen LogP contribution in [0, 0.1) is 13.8 Å². The number of anilines is 1. The maximum Gasteiger partial charge on any atom is 0.323 e. The lowest BCUT2D eigenvalue weighted by Crippen LogP contribution is -2.49. The van der Waals surface area contributed by atoms with Crippen LogP contribution in [0.1, 0.15) is 73.0 Å². The molecule has 28 nitrogen and oxygen atoms in total. The number of nitrogens with zero attached hydrogens (tertiary/aromatic N) is 6. The van der Waals surface area contributed by atoms with Crippen molar-refractivity contribution in [2.24, 2.45) is 7.05 Å². The Morgan fingerprint density at radius 1 is 0.800 bits per heavy atom. The van der Waals surface area contributed by atoms with Gasteiger partial charge in [0.1, 0.15) is 29.7 Å². The number of hydrogen-bond donors (Lipinski definition) is 10. The van der Waals surface area contributed by atoms with Crippen molar-refractivity contribution in [3.63, 3.8) is 0 Å². The van der Waals surface area contributed by atoms with E-state index in [1.807, 2.05) is 16.8 Å². The predicted molar refractivity (Wildman–Crippen MR) is 315 cm³/mol. The number of imidazole rings is 1. The van der Waals surface area contributed by atoms with Crippen LogP contribution in [0.3, 0.4) is 0 Å². The maximum atomic E-state index is 13.7. The average Bonchev–Trinajstić information content (AvgIpc) is 3.27. The molecule has 0 bridgehead atoms. The van der Waals surface area contributed by atoms with Crippen molar-refractivity contribution in [3.05, 3.63) is 81.4 Å². The molecule has 0 saturated carbocycles. The Morgan fingerprint density at radius 3 is 2.09 bits per heavy atom. The molecule has 3 atom stereocenters. The van der Waals surface area contributed by atoms with E-state index in [1.54, 1.807) is 49.1 Å². The number of carboxylic acids is 2. The molecule has 29 heteroatoms. The molecule has 0 spiro atoms. The highest BCUT2D eigenvalue weighted by Crippen LogP contribution is 2.26. The van der Waals surface area contributed by atoms with Crippen LogP contribution in [-0.2, 0) is 57.2 Å². The number of carboxylic acid groups (broad SMARTS) is 2. The molecule has 1 fully saturated rings. The maximum absolute atomic E-state index is 13.7. The summed E-state index contributed by atoms with van der Waals surface area (Å²) in [5.41, 5.74) is 0.967. The number of likely N-dealkylation sites (N-methyl/N-ethyl adjacent to an activating group) is 2. The summed E-state index contributed by atoms with van der Waals surface area (Å²) in [7, 11) is -0.840. The van der Waals surface area contributed by atoms with E-state index >= 15 is 0 Å². The smallest absolute Gasteiger partial charge is 0.323 e. The number of aromatic amines is 1. The van der Waals surface area contributed by atoms with Gasteiger partial charge < -0.3 is 71.0 Å². The monoisotopic (exact) mass is 1210 g/mol. The summed E-state index contributed by atoms with van der Waals surface area (Å²) in [4.78, 5) is 129. The number of aryl methyl sites for hydroxylation is 3. The van der Waals surface area contributed by atoms with Crippen LogP contribution in [0.4, 0.5) is 5.95 Å². The molecule has 5 amide bonds. The molecule has 85 heavy (non-hydrogen) atoms. The summed E-state index contributed by atoms with van der Waals surface area (Å²) in [6, 6.07) is 4.32. The molecule has 2 aromatic carbocycles.